The van der Waals surface area contributed by atoms with E-state index >= 15 is 0 Å². The molecule has 0 heterocycles. The smallest absolute Gasteiger partial charge is 0.343 e. The van der Waals surface area contributed by atoms with Crippen molar-refractivity contribution in [2.75, 3.05) is 7.11 Å². The van der Waals surface area contributed by atoms with Crippen molar-refractivity contribution in [2.45, 2.75) is 12.3 Å². The average Bonchev–Trinajstić information content (AvgIpc) is 2.26. The van der Waals surface area contributed by atoms with Crippen LogP contribution in [-0.4, -0.2) is 24.4 Å². The summed E-state index contributed by atoms with van der Waals surface area (Å²) in [7, 11) is 1.07. The second-order valence-corrected chi connectivity index (χ2v) is 3.84. The number of carbonyl (C=O) groups excluding carboxylic acids is 1. The Bertz CT molecular complexity index is 356. The van der Waals surface area contributed by atoms with Gasteiger partial charge in [0.15, 0.2) is 0 Å². The van der Waals surface area contributed by atoms with Crippen LogP contribution in [0, 0.1) is 0 Å². The van der Waals surface area contributed by atoms with Gasteiger partial charge in [0, 0.05) is 4.47 Å². The first-order valence-electron chi connectivity index (χ1n) is 4.21. The van der Waals surface area contributed by atoms with Crippen molar-refractivity contribution in [1.29, 1.82) is 0 Å². The molecule has 3 nitrogen and oxygen atoms in total. The molecule has 0 amide bonds. The Balaban J connectivity index is 2.84. The molecule has 0 bridgehead atoms. The van der Waals surface area contributed by atoms with Gasteiger partial charge in [-0.25, -0.2) is 9.18 Å². The van der Waals surface area contributed by atoms with Gasteiger partial charge in [0.25, 0.3) is 0 Å². The molecular weight excluding hydrogens is 267 g/mol. The molecular formula is C10H10BrFO3. The van der Waals surface area contributed by atoms with Gasteiger partial charge in [-0.05, 0) is 17.7 Å². The molecule has 0 aliphatic rings. The Kier molecular flexibility index (Phi) is 4.23. The monoisotopic (exact) mass is 276 g/mol. The molecule has 0 aliphatic carbocycles. The molecule has 2 unspecified atom stereocenters. The summed E-state index contributed by atoms with van der Waals surface area (Å²) >= 11 is 3.18. The lowest BCUT2D eigenvalue weighted by Gasteiger charge is -2.14. The number of hydrogen-bond donors (Lipinski definition) is 1. The van der Waals surface area contributed by atoms with Crippen LogP contribution in [-0.2, 0) is 9.53 Å². The molecule has 0 spiro atoms. The summed E-state index contributed by atoms with van der Waals surface area (Å²) in [6.45, 7) is 0. The van der Waals surface area contributed by atoms with E-state index in [4.69, 9.17) is 0 Å². The van der Waals surface area contributed by atoms with Crippen LogP contribution < -0.4 is 0 Å². The minimum atomic E-state index is -2.07. The molecule has 0 saturated heterocycles. The zero-order chi connectivity index (χ0) is 11.4. The van der Waals surface area contributed by atoms with Gasteiger partial charge in [0.1, 0.15) is 6.10 Å². The fourth-order valence-corrected chi connectivity index (χ4v) is 1.52. The van der Waals surface area contributed by atoms with E-state index in [9.17, 15) is 14.3 Å². The van der Waals surface area contributed by atoms with E-state index in [2.05, 4.69) is 20.7 Å². The molecule has 0 aliphatic heterocycles. The topological polar surface area (TPSA) is 46.5 Å². The van der Waals surface area contributed by atoms with Crippen molar-refractivity contribution in [3.8, 4) is 0 Å². The van der Waals surface area contributed by atoms with E-state index in [1.165, 1.54) is 6.07 Å². The zero-order valence-corrected chi connectivity index (χ0v) is 9.57. The Morgan fingerprint density at radius 3 is 2.80 bits per heavy atom. The molecule has 1 rings (SSSR count). The van der Waals surface area contributed by atoms with Gasteiger partial charge in [0.05, 0.1) is 7.11 Å². The fourth-order valence-electron chi connectivity index (χ4n) is 1.10. The lowest BCUT2D eigenvalue weighted by molar-refractivity contribution is -0.151. The number of carbonyl (C=O) groups is 1. The second-order valence-electron chi connectivity index (χ2n) is 2.92. The number of rotatable bonds is 3. The Hall–Kier alpha value is -0.940. The SMILES string of the molecule is COC(=O)C(F)C(O)c1cccc(Br)c1. The van der Waals surface area contributed by atoms with Crippen LogP contribution >= 0.6 is 15.9 Å². The molecule has 15 heavy (non-hydrogen) atoms. The number of alkyl halides is 1. The van der Waals surface area contributed by atoms with Crippen molar-refractivity contribution in [1.82, 2.24) is 0 Å². The van der Waals surface area contributed by atoms with Gasteiger partial charge in [-0.3, -0.25) is 0 Å². The first kappa shape index (κ1) is 12.1. The summed E-state index contributed by atoms with van der Waals surface area (Å²) in [5.74, 6) is -1.08. The molecule has 1 aromatic rings. The number of hydrogen-bond acceptors (Lipinski definition) is 3. The van der Waals surface area contributed by atoms with Crippen LogP contribution in [0.3, 0.4) is 0 Å². The summed E-state index contributed by atoms with van der Waals surface area (Å²) in [4.78, 5) is 10.8. The predicted octanol–water partition coefficient (Wildman–Crippen LogP) is 1.99. The summed E-state index contributed by atoms with van der Waals surface area (Å²) in [5.41, 5.74) is 0.322. The first-order chi connectivity index (χ1) is 7.06. The highest BCUT2D eigenvalue weighted by Gasteiger charge is 2.28. The van der Waals surface area contributed by atoms with Crippen LogP contribution in [0.25, 0.3) is 0 Å². The van der Waals surface area contributed by atoms with Crippen LogP contribution in [0.15, 0.2) is 28.7 Å². The van der Waals surface area contributed by atoms with Gasteiger partial charge in [-0.1, -0.05) is 28.1 Å². The normalized spacial score (nSPS) is 14.4. The highest BCUT2D eigenvalue weighted by molar-refractivity contribution is 9.10. The minimum absolute atomic E-state index is 0.322. The Morgan fingerprint density at radius 1 is 1.60 bits per heavy atom. The van der Waals surface area contributed by atoms with E-state index < -0.39 is 18.2 Å². The summed E-state index contributed by atoms with van der Waals surface area (Å²) in [5, 5.41) is 9.52. The van der Waals surface area contributed by atoms with E-state index in [1.807, 2.05) is 0 Å². The lowest BCUT2D eigenvalue weighted by Crippen LogP contribution is -2.24. The third kappa shape index (κ3) is 3.00. The molecule has 5 heteroatoms. The van der Waals surface area contributed by atoms with Crippen molar-refractivity contribution in [3.63, 3.8) is 0 Å². The van der Waals surface area contributed by atoms with E-state index in [-0.39, 0.29) is 0 Å². The molecule has 2 atom stereocenters. The molecule has 82 valence electrons. The number of aliphatic hydroxyl groups excluding tert-OH is 1. The number of methoxy groups -OCH3 is 1. The number of halogens is 2. The van der Waals surface area contributed by atoms with Gasteiger partial charge in [0.2, 0.25) is 6.17 Å². The summed E-state index contributed by atoms with van der Waals surface area (Å²) in [6.07, 6.45) is -3.57. The summed E-state index contributed by atoms with van der Waals surface area (Å²) in [6, 6.07) is 6.46. The molecule has 0 radical (unpaired) electrons. The number of ether oxygens (including phenoxy) is 1. The van der Waals surface area contributed by atoms with Crippen molar-refractivity contribution in [2.24, 2.45) is 0 Å². The van der Waals surface area contributed by atoms with E-state index in [0.29, 0.717) is 10.0 Å². The molecule has 0 aromatic heterocycles. The number of aliphatic hydroxyl groups is 1. The molecule has 1 N–H and O–H groups in total. The zero-order valence-electron chi connectivity index (χ0n) is 7.98. The van der Waals surface area contributed by atoms with E-state index in [0.717, 1.165) is 7.11 Å². The largest absolute Gasteiger partial charge is 0.467 e. The second kappa shape index (κ2) is 5.23. The van der Waals surface area contributed by atoms with Gasteiger partial charge < -0.3 is 9.84 Å². The third-order valence-corrected chi connectivity index (χ3v) is 2.39. The van der Waals surface area contributed by atoms with Crippen LogP contribution in [0.4, 0.5) is 4.39 Å². The fraction of sp³-hybridized carbons (Fsp3) is 0.300. The predicted molar refractivity (Wildman–Crippen MR) is 56.0 cm³/mol. The molecule has 0 fully saturated rings. The van der Waals surface area contributed by atoms with Crippen LogP contribution in [0.1, 0.15) is 11.7 Å². The Labute approximate surface area is 95.0 Å². The quantitative estimate of drug-likeness (QED) is 0.859. The van der Waals surface area contributed by atoms with Crippen molar-refractivity contribution >= 4 is 21.9 Å². The minimum Gasteiger partial charge on any atom is -0.467 e. The van der Waals surface area contributed by atoms with Crippen LogP contribution in [0.5, 0.6) is 0 Å². The van der Waals surface area contributed by atoms with Gasteiger partial charge in [-0.2, -0.15) is 0 Å². The summed E-state index contributed by atoms with van der Waals surface area (Å²) < 4.78 is 18.2. The van der Waals surface area contributed by atoms with Gasteiger partial charge >= 0.3 is 5.97 Å². The maximum atomic E-state index is 13.3. The van der Waals surface area contributed by atoms with E-state index in [1.54, 1.807) is 18.2 Å². The Morgan fingerprint density at radius 2 is 2.27 bits per heavy atom. The maximum absolute atomic E-state index is 13.3. The maximum Gasteiger partial charge on any atom is 0.343 e. The van der Waals surface area contributed by atoms with Crippen molar-refractivity contribution in [3.05, 3.63) is 34.3 Å². The molecule has 1 aromatic carbocycles. The average molecular weight is 277 g/mol. The molecule has 0 saturated carbocycles. The number of benzene rings is 1. The highest BCUT2D eigenvalue weighted by Crippen LogP contribution is 2.23. The van der Waals surface area contributed by atoms with Crippen LogP contribution in [0.2, 0.25) is 0 Å². The number of esters is 1. The first-order valence-corrected chi connectivity index (χ1v) is 5.01. The van der Waals surface area contributed by atoms with Gasteiger partial charge in [-0.15, -0.1) is 0 Å². The third-order valence-electron chi connectivity index (χ3n) is 1.89. The lowest BCUT2D eigenvalue weighted by atomic mass is 10.1. The standard InChI is InChI=1S/C10H10BrFO3/c1-15-10(14)8(12)9(13)6-3-2-4-7(11)5-6/h2-5,8-9,13H,1H3. The van der Waals surface area contributed by atoms with Crippen molar-refractivity contribution < 1.29 is 19.0 Å². The highest BCUT2D eigenvalue weighted by atomic mass is 79.9.